The van der Waals surface area contributed by atoms with Crippen molar-refractivity contribution >= 4 is 18.5 Å². The Hall–Kier alpha value is -1.70. The molecule has 1 aliphatic rings. The number of amides is 1. The van der Waals surface area contributed by atoms with Crippen LogP contribution in [-0.2, 0) is 6.42 Å². The van der Waals surface area contributed by atoms with Gasteiger partial charge in [-0.25, -0.2) is 4.79 Å². The molecular weight excluding hydrogens is 312 g/mol. The Morgan fingerprint density at radius 1 is 1.52 bits per heavy atom. The predicted octanol–water partition coefficient (Wildman–Crippen LogP) is 3.55. The summed E-state index contributed by atoms with van der Waals surface area (Å²) in [6.07, 6.45) is 9.10. The molecule has 126 valence electrons. The number of benzene rings is 1. The number of fused-ring (bicyclic) bond motifs is 1. The molecule has 1 N–H and O–H groups in total. The molecule has 0 radical (unpaired) electrons. The average molecular weight is 337 g/mol. The maximum absolute atomic E-state index is 12.0. The van der Waals surface area contributed by atoms with Gasteiger partial charge in [0.2, 0.25) is 0 Å². The van der Waals surface area contributed by atoms with E-state index in [4.69, 9.17) is 11.2 Å². The number of rotatable bonds is 6. The van der Waals surface area contributed by atoms with Gasteiger partial charge in [0, 0.05) is 19.6 Å². The van der Waals surface area contributed by atoms with Crippen LogP contribution in [0.25, 0.3) is 0 Å². The first-order valence-corrected chi connectivity index (χ1v) is 7.88. The SMILES string of the molecule is C#CCN[C@@H]1CCc2ccc(OC(=O)N(C)CCCC)cc21.Cl. The fourth-order valence-electron chi connectivity index (χ4n) is 2.70. The van der Waals surface area contributed by atoms with Crippen LogP contribution in [0.5, 0.6) is 5.75 Å². The zero-order valence-corrected chi connectivity index (χ0v) is 14.6. The van der Waals surface area contributed by atoms with Gasteiger partial charge in [-0.05, 0) is 42.5 Å². The van der Waals surface area contributed by atoms with Crippen molar-refractivity contribution in [2.24, 2.45) is 0 Å². The lowest BCUT2D eigenvalue weighted by molar-refractivity contribution is 0.162. The van der Waals surface area contributed by atoms with Crippen molar-refractivity contribution in [2.45, 2.75) is 38.6 Å². The van der Waals surface area contributed by atoms with Crippen LogP contribution in [-0.4, -0.2) is 31.1 Å². The highest BCUT2D eigenvalue weighted by Crippen LogP contribution is 2.33. The predicted molar refractivity (Wildman–Crippen MR) is 95.1 cm³/mol. The molecule has 0 unspecified atom stereocenters. The van der Waals surface area contributed by atoms with Crippen LogP contribution in [0.2, 0.25) is 0 Å². The molecule has 4 nitrogen and oxygen atoms in total. The number of aryl methyl sites for hydroxylation is 1. The van der Waals surface area contributed by atoms with Crippen LogP contribution >= 0.6 is 12.4 Å². The van der Waals surface area contributed by atoms with Gasteiger partial charge in [0.15, 0.2) is 0 Å². The maximum atomic E-state index is 12.0. The summed E-state index contributed by atoms with van der Waals surface area (Å²) in [7, 11) is 1.77. The molecule has 2 rings (SSSR count). The first kappa shape index (κ1) is 19.3. The third-order valence-corrected chi connectivity index (χ3v) is 4.01. The monoisotopic (exact) mass is 336 g/mol. The topological polar surface area (TPSA) is 41.6 Å². The van der Waals surface area contributed by atoms with Crippen LogP contribution in [0.3, 0.4) is 0 Å². The number of ether oxygens (including phenoxy) is 1. The van der Waals surface area contributed by atoms with Gasteiger partial charge in [0.1, 0.15) is 5.75 Å². The molecule has 5 heteroatoms. The normalized spacial score (nSPS) is 15.3. The van der Waals surface area contributed by atoms with Crippen LogP contribution < -0.4 is 10.1 Å². The molecule has 0 fully saturated rings. The third kappa shape index (κ3) is 5.16. The zero-order chi connectivity index (χ0) is 15.9. The number of unbranched alkanes of at least 4 members (excludes halogenated alkanes) is 1. The molecule has 0 saturated carbocycles. The van der Waals surface area contributed by atoms with E-state index in [0.717, 1.165) is 25.7 Å². The first-order valence-electron chi connectivity index (χ1n) is 7.88. The van der Waals surface area contributed by atoms with Crippen molar-refractivity contribution in [3.63, 3.8) is 0 Å². The highest BCUT2D eigenvalue weighted by molar-refractivity contribution is 5.85. The van der Waals surface area contributed by atoms with Crippen molar-refractivity contribution in [3.8, 4) is 18.1 Å². The standard InChI is InChI=1S/C18H24N2O2.ClH/c1-4-6-12-20(3)18(21)22-15-9-7-14-8-10-17(16(14)13-15)19-11-5-2;/h2,7,9,13,17,19H,4,6,8,10-12H2,1,3H3;1H/t17-;/m1./s1. The van der Waals surface area contributed by atoms with E-state index in [9.17, 15) is 4.79 Å². The van der Waals surface area contributed by atoms with E-state index in [1.54, 1.807) is 11.9 Å². The van der Waals surface area contributed by atoms with E-state index in [2.05, 4.69) is 18.2 Å². The number of halogens is 1. The highest BCUT2D eigenvalue weighted by Gasteiger charge is 2.23. The van der Waals surface area contributed by atoms with Crippen molar-refractivity contribution in [2.75, 3.05) is 20.1 Å². The third-order valence-electron chi connectivity index (χ3n) is 4.01. The number of nitrogens with one attached hydrogen (secondary N) is 1. The van der Waals surface area contributed by atoms with Gasteiger partial charge in [-0.1, -0.05) is 25.3 Å². The second-order valence-corrected chi connectivity index (χ2v) is 5.68. The summed E-state index contributed by atoms with van der Waals surface area (Å²) in [5, 5.41) is 3.33. The molecule has 0 spiro atoms. The van der Waals surface area contributed by atoms with E-state index in [1.807, 2.05) is 18.2 Å². The number of hydrogen-bond donors (Lipinski definition) is 1. The lowest BCUT2D eigenvalue weighted by atomic mass is 10.1. The summed E-state index contributed by atoms with van der Waals surface area (Å²) in [5.74, 6) is 3.20. The number of carbonyl (C=O) groups excluding carboxylic acids is 1. The van der Waals surface area contributed by atoms with Gasteiger partial charge >= 0.3 is 6.09 Å². The van der Waals surface area contributed by atoms with E-state index < -0.39 is 0 Å². The Labute approximate surface area is 145 Å². The summed E-state index contributed by atoms with van der Waals surface area (Å²) < 4.78 is 5.47. The van der Waals surface area contributed by atoms with Crippen molar-refractivity contribution < 1.29 is 9.53 Å². The van der Waals surface area contributed by atoms with E-state index in [0.29, 0.717) is 18.8 Å². The number of terminal acetylenes is 1. The molecule has 23 heavy (non-hydrogen) atoms. The fraction of sp³-hybridized carbons (Fsp3) is 0.500. The number of hydrogen-bond acceptors (Lipinski definition) is 3. The van der Waals surface area contributed by atoms with E-state index in [1.165, 1.54) is 11.1 Å². The summed E-state index contributed by atoms with van der Waals surface area (Å²) in [5.41, 5.74) is 2.49. The van der Waals surface area contributed by atoms with E-state index >= 15 is 0 Å². The minimum atomic E-state index is -0.306. The lowest BCUT2D eigenvalue weighted by Crippen LogP contribution is -2.30. The number of carbonyl (C=O) groups is 1. The van der Waals surface area contributed by atoms with Gasteiger partial charge in [0.05, 0.1) is 6.54 Å². The Morgan fingerprint density at radius 2 is 2.30 bits per heavy atom. The summed E-state index contributed by atoms with van der Waals surface area (Å²) in [6, 6.07) is 6.12. The quantitative estimate of drug-likeness (QED) is 0.808. The molecule has 0 bridgehead atoms. The molecule has 0 aliphatic heterocycles. The Kier molecular flexibility index (Phi) is 7.94. The number of nitrogens with zero attached hydrogens (tertiary/aromatic N) is 1. The van der Waals surface area contributed by atoms with Gasteiger partial charge < -0.3 is 9.64 Å². The Morgan fingerprint density at radius 3 is 3.00 bits per heavy atom. The van der Waals surface area contributed by atoms with Gasteiger partial charge in [0.25, 0.3) is 0 Å². The highest BCUT2D eigenvalue weighted by atomic mass is 35.5. The molecule has 0 heterocycles. The fourth-order valence-corrected chi connectivity index (χ4v) is 2.70. The van der Waals surface area contributed by atoms with E-state index in [-0.39, 0.29) is 24.5 Å². The van der Waals surface area contributed by atoms with Gasteiger partial charge in [-0.3, -0.25) is 5.32 Å². The molecule has 1 amide bonds. The van der Waals surface area contributed by atoms with Gasteiger partial charge in [-0.15, -0.1) is 18.8 Å². The average Bonchev–Trinajstić information content (AvgIpc) is 2.92. The van der Waals surface area contributed by atoms with Crippen molar-refractivity contribution in [1.82, 2.24) is 10.2 Å². The minimum Gasteiger partial charge on any atom is -0.410 e. The van der Waals surface area contributed by atoms with Crippen molar-refractivity contribution in [3.05, 3.63) is 29.3 Å². The smallest absolute Gasteiger partial charge is 0.410 e. The van der Waals surface area contributed by atoms with Crippen molar-refractivity contribution in [1.29, 1.82) is 0 Å². The lowest BCUT2D eigenvalue weighted by Gasteiger charge is -2.17. The molecule has 1 aromatic rings. The summed E-state index contributed by atoms with van der Waals surface area (Å²) >= 11 is 0. The summed E-state index contributed by atoms with van der Waals surface area (Å²) in [4.78, 5) is 13.6. The van der Waals surface area contributed by atoms with Gasteiger partial charge in [-0.2, -0.15) is 0 Å². The first-order chi connectivity index (χ1) is 10.7. The van der Waals surface area contributed by atoms with Crippen LogP contribution in [0, 0.1) is 12.3 Å². The minimum absolute atomic E-state index is 0. The molecule has 1 atom stereocenters. The largest absolute Gasteiger partial charge is 0.414 e. The summed E-state index contributed by atoms with van der Waals surface area (Å²) in [6.45, 7) is 3.36. The van der Waals surface area contributed by atoms with Crippen LogP contribution in [0.4, 0.5) is 4.79 Å². The van der Waals surface area contributed by atoms with Crippen LogP contribution in [0.15, 0.2) is 18.2 Å². The second kappa shape index (κ2) is 9.44. The molecule has 0 aromatic heterocycles. The van der Waals surface area contributed by atoms with Crippen LogP contribution in [0.1, 0.15) is 43.4 Å². The Balaban J connectivity index is 0.00000264. The molecular formula is C18H25ClN2O2. The maximum Gasteiger partial charge on any atom is 0.414 e. The Bertz CT molecular complexity index is 569. The second-order valence-electron chi connectivity index (χ2n) is 5.68. The zero-order valence-electron chi connectivity index (χ0n) is 13.8. The molecule has 1 aromatic carbocycles. The molecule has 0 saturated heterocycles. The molecule has 1 aliphatic carbocycles.